The van der Waals surface area contributed by atoms with Gasteiger partial charge in [-0.15, -0.1) is 0 Å². The Morgan fingerprint density at radius 3 is 1.54 bits per heavy atom. The Hall–Kier alpha value is -0.950. The van der Waals surface area contributed by atoms with Crippen molar-refractivity contribution < 1.29 is 28.5 Å². The maximum atomic E-state index is 11.5. The van der Waals surface area contributed by atoms with Crippen molar-refractivity contribution in [3.8, 4) is 0 Å². The van der Waals surface area contributed by atoms with Gasteiger partial charge < -0.3 is 23.7 Å². The molecule has 0 fully saturated rings. The number of carbonyl (C=O) groups excluding carboxylic acids is 1. The van der Waals surface area contributed by atoms with Gasteiger partial charge in [0.1, 0.15) is 6.10 Å². The fourth-order valence-electron chi connectivity index (χ4n) is 1.70. The molecule has 0 aliphatic heterocycles. The summed E-state index contributed by atoms with van der Waals surface area (Å²) < 4.78 is 28.2. The molecule has 0 rings (SSSR count). The summed E-state index contributed by atoms with van der Waals surface area (Å²) in [6, 6.07) is 0. The summed E-state index contributed by atoms with van der Waals surface area (Å²) in [4.78, 5) is 11.5. The van der Waals surface area contributed by atoms with Crippen LogP contribution >= 0.6 is 0 Å². The zero-order chi connectivity index (χ0) is 20.4. The van der Waals surface area contributed by atoms with Gasteiger partial charge in [0.05, 0.1) is 49.8 Å². The van der Waals surface area contributed by atoms with Gasteiger partial charge >= 0.3 is 5.97 Å². The van der Waals surface area contributed by atoms with E-state index >= 15 is 0 Å². The predicted octanol–water partition coefficient (Wildman–Crippen LogP) is 3.52. The highest BCUT2D eigenvalue weighted by Gasteiger charge is 2.19. The van der Waals surface area contributed by atoms with E-state index in [1.807, 2.05) is 55.4 Å². The van der Waals surface area contributed by atoms with Gasteiger partial charge in [-0.25, -0.2) is 4.79 Å². The molecule has 0 saturated heterocycles. The first-order valence-corrected chi connectivity index (χ1v) is 9.16. The molecule has 0 aromatic rings. The van der Waals surface area contributed by atoms with Crippen LogP contribution in [-0.4, -0.2) is 61.9 Å². The van der Waals surface area contributed by atoms with Crippen molar-refractivity contribution in [1.82, 2.24) is 0 Å². The van der Waals surface area contributed by atoms with Crippen LogP contribution in [0.5, 0.6) is 0 Å². The van der Waals surface area contributed by atoms with Gasteiger partial charge in [0.15, 0.2) is 0 Å². The Bertz CT molecular complexity index is 380. The summed E-state index contributed by atoms with van der Waals surface area (Å²) in [6.07, 6.45) is 0.363. The van der Waals surface area contributed by atoms with E-state index in [1.165, 1.54) is 0 Å². The molecule has 0 saturated carbocycles. The number of carbonyl (C=O) groups is 1. The Balaban J connectivity index is 4.39. The molecule has 0 aromatic heterocycles. The first-order valence-electron chi connectivity index (χ1n) is 9.16. The van der Waals surface area contributed by atoms with Gasteiger partial charge in [0.2, 0.25) is 0 Å². The number of ether oxygens (including phenoxy) is 5. The highest BCUT2D eigenvalue weighted by atomic mass is 16.6. The molecule has 6 nitrogen and oxygen atoms in total. The molecule has 0 spiro atoms. The summed E-state index contributed by atoms with van der Waals surface area (Å²) >= 11 is 0. The minimum absolute atomic E-state index is 0.124. The van der Waals surface area contributed by atoms with E-state index < -0.39 is 12.1 Å². The van der Waals surface area contributed by atoms with Crippen LogP contribution in [0, 0.1) is 0 Å². The fraction of sp³-hybridized carbons (Fsp3) is 0.850. The van der Waals surface area contributed by atoms with Gasteiger partial charge in [-0.2, -0.15) is 0 Å². The Morgan fingerprint density at radius 1 is 0.846 bits per heavy atom. The molecule has 0 N–H and O–H groups in total. The molecule has 0 bridgehead atoms. The van der Waals surface area contributed by atoms with Gasteiger partial charge in [-0.1, -0.05) is 6.58 Å². The summed E-state index contributed by atoms with van der Waals surface area (Å²) in [6.45, 7) is 20.6. The molecule has 0 aliphatic rings. The van der Waals surface area contributed by atoms with E-state index in [4.69, 9.17) is 23.7 Å². The first-order chi connectivity index (χ1) is 11.8. The molecule has 2 unspecified atom stereocenters. The molecular weight excluding hydrogens is 336 g/mol. The average molecular weight is 375 g/mol. The molecule has 2 atom stereocenters. The van der Waals surface area contributed by atoms with Gasteiger partial charge in [-0.05, 0) is 55.4 Å². The summed E-state index contributed by atoms with van der Waals surface area (Å²) in [7, 11) is 0. The summed E-state index contributed by atoms with van der Waals surface area (Å²) in [5.41, 5.74) is -0.449. The minimum atomic E-state index is -0.519. The Labute approximate surface area is 159 Å². The van der Waals surface area contributed by atoms with Crippen molar-refractivity contribution in [3.63, 3.8) is 0 Å². The zero-order valence-corrected chi connectivity index (χ0v) is 17.8. The lowest BCUT2D eigenvalue weighted by atomic mass is 10.2. The number of hydrogen-bond acceptors (Lipinski definition) is 6. The third-order valence-corrected chi connectivity index (χ3v) is 3.08. The highest BCUT2D eigenvalue weighted by molar-refractivity contribution is 5.81. The van der Waals surface area contributed by atoms with Gasteiger partial charge in [0, 0.05) is 6.08 Å². The molecule has 0 amide bonds. The molecule has 0 heterocycles. The van der Waals surface area contributed by atoms with Crippen molar-refractivity contribution >= 4 is 5.97 Å². The highest BCUT2D eigenvalue weighted by Crippen LogP contribution is 2.10. The maximum absolute atomic E-state index is 11.5. The van der Waals surface area contributed by atoms with E-state index in [0.717, 1.165) is 6.08 Å². The molecule has 26 heavy (non-hydrogen) atoms. The van der Waals surface area contributed by atoms with E-state index in [2.05, 4.69) is 6.58 Å². The largest absolute Gasteiger partial charge is 0.454 e. The van der Waals surface area contributed by atoms with Gasteiger partial charge in [0.25, 0.3) is 0 Å². The molecular formula is C20H38O6. The van der Waals surface area contributed by atoms with Crippen LogP contribution in [-0.2, 0) is 28.5 Å². The fourth-order valence-corrected chi connectivity index (χ4v) is 1.70. The van der Waals surface area contributed by atoms with Crippen LogP contribution < -0.4 is 0 Å². The Kier molecular flexibility index (Phi) is 11.3. The number of esters is 1. The van der Waals surface area contributed by atoms with Crippen molar-refractivity contribution in [2.45, 2.75) is 84.9 Å². The number of hydrogen-bond donors (Lipinski definition) is 0. The second kappa shape index (κ2) is 11.7. The zero-order valence-electron chi connectivity index (χ0n) is 17.8. The number of rotatable bonds is 12. The van der Waals surface area contributed by atoms with Crippen LogP contribution in [0.25, 0.3) is 0 Å². The first kappa shape index (κ1) is 25.1. The van der Waals surface area contributed by atoms with Crippen LogP contribution in [0.1, 0.15) is 55.4 Å². The average Bonchev–Trinajstić information content (AvgIpc) is 2.51. The minimum Gasteiger partial charge on any atom is -0.454 e. The lowest BCUT2D eigenvalue weighted by molar-refractivity contribution is -0.157. The summed E-state index contributed by atoms with van der Waals surface area (Å²) in [5.74, 6) is -0.501. The van der Waals surface area contributed by atoms with E-state index in [0.29, 0.717) is 13.2 Å². The van der Waals surface area contributed by atoms with Crippen molar-refractivity contribution in [2.24, 2.45) is 0 Å². The molecule has 0 radical (unpaired) electrons. The lowest BCUT2D eigenvalue weighted by Crippen LogP contribution is -2.34. The smallest absolute Gasteiger partial charge is 0.330 e. The third kappa shape index (κ3) is 15.3. The van der Waals surface area contributed by atoms with Gasteiger partial charge in [-0.3, -0.25) is 0 Å². The standard InChI is InChI=1S/C20H38O6/c1-10-18(21)26-17(13-22-15(2)11-24-19(4,5)6)14-23-16(3)12-25-20(7,8)9/h10,15-17H,1,11-14H2,2-9H3. The lowest BCUT2D eigenvalue weighted by Gasteiger charge is -2.26. The van der Waals surface area contributed by atoms with Crippen LogP contribution in [0.2, 0.25) is 0 Å². The normalized spacial score (nSPS) is 16.0. The molecule has 6 heteroatoms. The van der Waals surface area contributed by atoms with E-state index in [9.17, 15) is 4.79 Å². The molecule has 0 aliphatic carbocycles. The summed E-state index contributed by atoms with van der Waals surface area (Å²) in [5, 5.41) is 0. The molecule has 154 valence electrons. The van der Waals surface area contributed by atoms with Crippen LogP contribution in [0.15, 0.2) is 12.7 Å². The van der Waals surface area contributed by atoms with Crippen molar-refractivity contribution in [1.29, 1.82) is 0 Å². The molecule has 0 aromatic carbocycles. The van der Waals surface area contributed by atoms with Crippen molar-refractivity contribution in [3.05, 3.63) is 12.7 Å². The maximum Gasteiger partial charge on any atom is 0.330 e. The second-order valence-corrected chi connectivity index (χ2v) is 8.40. The SMILES string of the molecule is C=CC(=O)OC(COC(C)COC(C)(C)C)COC(C)COC(C)(C)C. The van der Waals surface area contributed by atoms with E-state index in [1.54, 1.807) is 0 Å². The Morgan fingerprint density at radius 2 is 1.23 bits per heavy atom. The monoisotopic (exact) mass is 374 g/mol. The topological polar surface area (TPSA) is 63.2 Å². The quantitative estimate of drug-likeness (QED) is 0.385. The van der Waals surface area contributed by atoms with E-state index in [-0.39, 0.29) is 36.6 Å². The second-order valence-electron chi connectivity index (χ2n) is 8.40. The predicted molar refractivity (Wildman–Crippen MR) is 102 cm³/mol. The van der Waals surface area contributed by atoms with Crippen molar-refractivity contribution in [2.75, 3.05) is 26.4 Å². The van der Waals surface area contributed by atoms with Crippen LogP contribution in [0.3, 0.4) is 0 Å². The van der Waals surface area contributed by atoms with Crippen LogP contribution in [0.4, 0.5) is 0 Å². The third-order valence-electron chi connectivity index (χ3n) is 3.08.